The number of rotatable bonds is 3. The molecule has 2 aromatic carbocycles. The van der Waals surface area contributed by atoms with Gasteiger partial charge in [-0.15, -0.1) is 0 Å². The van der Waals surface area contributed by atoms with Gasteiger partial charge in [0, 0.05) is 5.69 Å². The molecule has 0 saturated heterocycles. The highest BCUT2D eigenvalue weighted by molar-refractivity contribution is 5.93. The first-order valence-electron chi connectivity index (χ1n) is 7.12. The Hall–Kier alpha value is -2.82. The zero-order valence-corrected chi connectivity index (χ0v) is 12.6. The lowest BCUT2D eigenvalue weighted by atomic mass is 10.2. The number of amides is 1. The van der Waals surface area contributed by atoms with Crippen LogP contribution in [0, 0.1) is 13.8 Å². The fourth-order valence-corrected chi connectivity index (χ4v) is 2.55. The van der Waals surface area contributed by atoms with E-state index < -0.39 is 0 Å². The number of para-hydroxylation sites is 1. The van der Waals surface area contributed by atoms with E-state index in [2.05, 4.69) is 10.3 Å². The minimum absolute atomic E-state index is 0.0876. The molecule has 0 fully saturated rings. The van der Waals surface area contributed by atoms with Crippen LogP contribution in [-0.4, -0.2) is 15.5 Å². The van der Waals surface area contributed by atoms with Crippen LogP contribution < -0.4 is 11.1 Å². The number of benzene rings is 2. The molecule has 5 heteroatoms. The monoisotopic (exact) mass is 294 g/mol. The van der Waals surface area contributed by atoms with E-state index in [1.54, 1.807) is 0 Å². The Labute approximate surface area is 128 Å². The molecule has 5 nitrogen and oxygen atoms in total. The quantitative estimate of drug-likeness (QED) is 0.729. The maximum atomic E-state index is 12.3. The van der Waals surface area contributed by atoms with Crippen LogP contribution in [0.1, 0.15) is 11.4 Å². The van der Waals surface area contributed by atoms with Crippen molar-refractivity contribution in [3.63, 3.8) is 0 Å². The maximum absolute atomic E-state index is 12.3. The van der Waals surface area contributed by atoms with Crippen LogP contribution in [-0.2, 0) is 11.3 Å². The summed E-state index contributed by atoms with van der Waals surface area (Å²) in [5.74, 6) is 0.683. The van der Waals surface area contributed by atoms with Gasteiger partial charge in [0.1, 0.15) is 17.9 Å². The predicted molar refractivity (Wildman–Crippen MR) is 88.7 cm³/mol. The minimum atomic E-state index is -0.0876. The zero-order chi connectivity index (χ0) is 15.7. The van der Waals surface area contributed by atoms with Gasteiger partial charge in [-0.2, -0.15) is 0 Å². The summed E-state index contributed by atoms with van der Waals surface area (Å²) in [5, 5.41) is 2.91. The highest BCUT2D eigenvalue weighted by Gasteiger charge is 2.12. The SMILES string of the molecule is Cc1cccc(NC(=O)Cn2c(C)nc3c(N)cccc32)c1. The number of aryl methyl sites for hydroxylation is 2. The summed E-state index contributed by atoms with van der Waals surface area (Å²) in [5.41, 5.74) is 10.1. The van der Waals surface area contributed by atoms with E-state index in [0.29, 0.717) is 5.69 Å². The van der Waals surface area contributed by atoms with Crippen LogP contribution in [0.25, 0.3) is 11.0 Å². The van der Waals surface area contributed by atoms with Gasteiger partial charge in [0.25, 0.3) is 0 Å². The second kappa shape index (κ2) is 5.52. The van der Waals surface area contributed by atoms with Crippen molar-refractivity contribution in [2.45, 2.75) is 20.4 Å². The van der Waals surface area contributed by atoms with Gasteiger partial charge in [-0.05, 0) is 43.7 Å². The Morgan fingerprint density at radius 3 is 2.77 bits per heavy atom. The molecular formula is C17H18N4O. The zero-order valence-electron chi connectivity index (χ0n) is 12.6. The Balaban J connectivity index is 1.85. The van der Waals surface area contributed by atoms with Gasteiger partial charge in [0.05, 0.1) is 11.2 Å². The third kappa shape index (κ3) is 2.65. The number of carbonyl (C=O) groups is 1. The van der Waals surface area contributed by atoms with Gasteiger partial charge in [-0.1, -0.05) is 18.2 Å². The third-order valence-electron chi connectivity index (χ3n) is 3.60. The summed E-state index contributed by atoms with van der Waals surface area (Å²) in [4.78, 5) is 16.7. The van der Waals surface area contributed by atoms with Crippen molar-refractivity contribution < 1.29 is 4.79 Å². The van der Waals surface area contributed by atoms with Crippen molar-refractivity contribution in [2.75, 3.05) is 11.1 Å². The molecule has 22 heavy (non-hydrogen) atoms. The Morgan fingerprint density at radius 1 is 1.23 bits per heavy atom. The number of nitrogens with two attached hydrogens (primary N) is 1. The van der Waals surface area contributed by atoms with E-state index >= 15 is 0 Å². The lowest BCUT2D eigenvalue weighted by Crippen LogP contribution is -2.19. The Morgan fingerprint density at radius 2 is 2.00 bits per heavy atom. The third-order valence-corrected chi connectivity index (χ3v) is 3.60. The number of aromatic nitrogens is 2. The topological polar surface area (TPSA) is 72.9 Å². The molecule has 0 saturated carbocycles. The van der Waals surface area contributed by atoms with Crippen molar-refractivity contribution in [3.8, 4) is 0 Å². The summed E-state index contributed by atoms with van der Waals surface area (Å²) in [6, 6.07) is 13.3. The molecule has 0 spiro atoms. The van der Waals surface area contributed by atoms with Gasteiger partial charge >= 0.3 is 0 Å². The van der Waals surface area contributed by atoms with Crippen LogP contribution >= 0.6 is 0 Å². The van der Waals surface area contributed by atoms with Crippen LogP contribution in [0.5, 0.6) is 0 Å². The molecule has 3 aromatic rings. The Kier molecular flexibility index (Phi) is 3.55. The number of nitrogens with zero attached hydrogens (tertiary/aromatic N) is 2. The van der Waals surface area contributed by atoms with E-state index in [1.165, 1.54) is 0 Å². The highest BCUT2D eigenvalue weighted by Crippen LogP contribution is 2.21. The molecule has 3 rings (SSSR count). The molecule has 0 aliphatic carbocycles. The van der Waals surface area contributed by atoms with E-state index in [9.17, 15) is 4.79 Å². The van der Waals surface area contributed by atoms with Crippen LogP contribution in [0.3, 0.4) is 0 Å². The van der Waals surface area contributed by atoms with Crippen molar-refractivity contribution >= 4 is 28.3 Å². The summed E-state index contributed by atoms with van der Waals surface area (Å²) >= 11 is 0. The number of nitrogen functional groups attached to an aromatic ring is 1. The second-order valence-corrected chi connectivity index (χ2v) is 5.38. The van der Waals surface area contributed by atoms with Gasteiger partial charge in [-0.3, -0.25) is 4.79 Å². The molecule has 0 radical (unpaired) electrons. The molecule has 0 unspecified atom stereocenters. The summed E-state index contributed by atoms with van der Waals surface area (Å²) < 4.78 is 1.87. The largest absolute Gasteiger partial charge is 0.397 e. The molecule has 0 aliphatic heterocycles. The normalized spacial score (nSPS) is 10.8. The lowest BCUT2D eigenvalue weighted by molar-refractivity contribution is -0.116. The molecule has 1 amide bonds. The fourth-order valence-electron chi connectivity index (χ4n) is 2.55. The highest BCUT2D eigenvalue weighted by atomic mass is 16.1. The van der Waals surface area contributed by atoms with Gasteiger partial charge in [0.2, 0.25) is 5.91 Å². The van der Waals surface area contributed by atoms with Crippen LogP contribution in [0.4, 0.5) is 11.4 Å². The average molecular weight is 294 g/mol. The Bertz CT molecular complexity index is 851. The summed E-state index contributed by atoms with van der Waals surface area (Å²) in [6.07, 6.45) is 0. The van der Waals surface area contributed by atoms with Crippen LogP contribution in [0.2, 0.25) is 0 Å². The number of carbonyl (C=O) groups excluding carboxylic acids is 1. The number of hydrogen-bond donors (Lipinski definition) is 2. The number of imidazole rings is 1. The van der Waals surface area contributed by atoms with E-state index in [0.717, 1.165) is 28.1 Å². The standard InChI is InChI=1S/C17H18N4O/c1-11-5-3-6-13(9-11)20-16(22)10-21-12(2)19-17-14(18)7-4-8-15(17)21/h3-9H,10,18H2,1-2H3,(H,20,22). The predicted octanol–water partition coefficient (Wildman–Crippen LogP) is 2.87. The first-order chi connectivity index (χ1) is 10.5. The van der Waals surface area contributed by atoms with E-state index in [4.69, 9.17) is 5.73 Å². The van der Waals surface area contributed by atoms with Crippen molar-refractivity contribution in [2.24, 2.45) is 0 Å². The number of anilines is 2. The molecule has 0 atom stereocenters. The lowest BCUT2D eigenvalue weighted by Gasteiger charge is -2.09. The maximum Gasteiger partial charge on any atom is 0.244 e. The molecule has 0 aliphatic rings. The van der Waals surface area contributed by atoms with Crippen molar-refractivity contribution in [1.29, 1.82) is 0 Å². The molecule has 1 heterocycles. The number of hydrogen-bond acceptors (Lipinski definition) is 3. The van der Waals surface area contributed by atoms with Gasteiger partial charge in [0.15, 0.2) is 0 Å². The first kappa shape index (κ1) is 14.1. The molecule has 1 aromatic heterocycles. The fraction of sp³-hybridized carbons (Fsp3) is 0.176. The first-order valence-corrected chi connectivity index (χ1v) is 7.12. The van der Waals surface area contributed by atoms with Crippen molar-refractivity contribution in [3.05, 3.63) is 53.9 Å². The molecular weight excluding hydrogens is 276 g/mol. The number of nitrogens with one attached hydrogen (secondary N) is 1. The molecule has 112 valence electrons. The van der Waals surface area contributed by atoms with E-state index in [-0.39, 0.29) is 12.5 Å². The second-order valence-electron chi connectivity index (χ2n) is 5.38. The van der Waals surface area contributed by atoms with Gasteiger partial charge in [-0.25, -0.2) is 4.98 Å². The minimum Gasteiger partial charge on any atom is -0.397 e. The van der Waals surface area contributed by atoms with Crippen LogP contribution in [0.15, 0.2) is 42.5 Å². The molecule has 3 N–H and O–H groups in total. The van der Waals surface area contributed by atoms with E-state index in [1.807, 2.05) is 60.9 Å². The van der Waals surface area contributed by atoms with Gasteiger partial charge < -0.3 is 15.6 Å². The molecule has 0 bridgehead atoms. The summed E-state index contributed by atoms with van der Waals surface area (Å²) in [7, 11) is 0. The van der Waals surface area contributed by atoms with Crippen molar-refractivity contribution in [1.82, 2.24) is 9.55 Å². The summed E-state index contributed by atoms with van der Waals surface area (Å²) in [6.45, 7) is 4.07. The smallest absolute Gasteiger partial charge is 0.244 e. The number of fused-ring (bicyclic) bond motifs is 1. The average Bonchev–Trinajstić information content (AvgIpc) is 2.77.